The van der Waals surface area contributed by atoms with Crippen molar-refractivity contribution in [2.75, 3.05) is 6.61 Å². The van der Waals surface area contributed by atoms with Gasteiger partial charge >= 0.3 is 0 Å². The number of rotatable bonds is 8. The van der Waals surface area contributed by atoms with E-state index in [9.17, 15) is 0 Å². The number of pyridine rings is 1. The van der Waals surface area contributed by atoms with E-state index in [4.69, 9.17) is 9.15 Å². The van der Waals surface area contributed by atoms with E-state index < -0.39 is 0 Å². The van der Waals surface area contributed by atoms with E-state index in [0.717, 1.165) is 49.0 Å². The van der Waals surface area contributed by atoms with Gasteiger partial charge < -0.3 is 14.5 Å². The Bertz CT molecular complexity index is 523. The monoisotopic (exact) mass is 274 g/mol. The largest absolute Gasteiger partial charge is 0.477 e. The number of aromatic nitrogens is 1. The van der Waals surface area contributed by atoms with Crippen molar-refractivity contribution in [3.63, 3.8) is 0 Å². The molecule has 0 aliphatic heterocycles. The Labute approximate surface area is 120 Å². The summed E-state index contributed by atoms with van der Waals surface area (Å²) in [6.07, 6.45) is 3.94. The first-order valence-corrected chi connectivity index (χ1v) is 7.12. The third kappa shape index (κ3) is 4.38. The van der Waals surface area contributed by atoms with Crippen molar-refractivity contribution < 1.29 is 9.15 Å². The molecule has 2 rings (SSSR count). The summed E-state index contributed by atoms with van der Waals surface area (Å²) in [5, 5.41) is 3.35. The molecule has 0 radical (unpaired) electrons. The number of furan rings is 1. The van der Waals surface area contributed by atoms with Gasteiger partial charge in [0.1, 0.15) is 11.5 Å². The topological polar surface area (TPSA) is 47.3 Å². The van der Waals surface area contributed by atoms with Crippen molar-refractivity contribution in [1.82, 2.24) is 10.3 Å². The Kier molecular flexibility index (Phi) is 5.62. The second-order valence-electron chi connectivity index (χ2n) is 4.79. The summed E-state index contributed by atoms with van der Waals surface area (Å²) < 4.78 is 11.2. The lowest BCUT2D eigenvalue weighted by atomic mass is 10.2. The van der Waals surface area contributed by atoms with Gasteiger partial charge in [-0.1, -0.05) is 19.4 Å². The number of nitrogens with zero attached hydrogens (tertiary/aromatic N) is 1. The molecule has 1 N–H and O–H groups in total. The summed E-state index contributed by atoms with van der Waals surface area (Å²) in [4.78, 5) is 4.29. The third-order valence-electron chi connectivity index (χ3n) is 3.00. The molecule has 0 spiro atoms. The third-order valence-corrected chi connectivity index (χ3v) is 3.00. The molecule has 0 bridgehead atoms. The average molecular weight is 274 g/mol. The second-order valence-corrected chi connectivity index (χ2v) is 4.79. The molecule has 0 unspecified atom stereocenters. The summed E-state index contributed by atoms with van der Waals surface area (Å²) in [6, 6.07) is 7.93. The number of hydrogen-bond acceptors (Lipinski definition) is 4. The van der Waals surface area contributed by atoms with Gasteiger partial charge in [-0.25, -0.2) is 4.98 Å². The molecule has 0 amide bonds. The van der Waals surface area contributed by atoms with Crippen molar-refractivity contribution in [2.24, 2.45) is 0 Å². The van der Waals surface area contributed by atoms with Crippen LogP contribution >= 0.6 is 0 Å². The molecule has 2 aromatic rings. The highest BCUT2D eigenvalue weighted by atomic mass is 16.5. The van der Waals surface area contributed by atoms with Crippen LogP contribution in [0, 0.1) is 6.92 Å². The summed E-state index contributed by atoms with van der Waals surface area (Å²) in [5.74, 6) is 2.61. The van der Waals surface area contributed by atoms with E-state index in [2.05, 4.69) is 17.2 Å². The summed E-state index contributed by atoms with van der Waals surface area (Å²) >= 11 is 0. The second kappa shape index (κ2) is 7.70. The SMILES string of the molecule is CCCCOc1ncccc1CNCc1ccc(C)o1. The molecule has 0 aromatic carbocycles. The smallest absolute Gasteiger partial charge is 0.217 e. The van der Waals surface area contributed by atoms with Gasteiger partial charge in [0.05, 0.1) is 13.2 Å². The van der Waals surface area contributed by atoms with E-state index in [1.54, 1.807) is 6.20 Å². The van der Waals surface area contributed by atoms with Gasteiger partial charge in [-0.05, 0) is 31.5 Å². The lowest BCUT2D eigenvalue weighted by Gasteiger charge is -2.10. The van der Waals surface area contributed by atoms with Gasteiger partial charge in [0, 0.05) is 18.3 Å². The van der Waals surface area contributed by atoms with Crippen molar-refractivity contribution in [1.29, 1.82) is 0 Å². The minimum absolute atomic E-state index is 0.705. The lowest BCUT2D eigenvalue weighted by Crippen LogP contribution is -2.14. The Morgan fingerprint density at radius 3 is 2.90 bits per heavy atom. The Morgan fingerprint density at radius 1 is 1.25 bits per heavy atom. The molecular formula is C16H22N2O2. The zero-order valence-corrected chi connectivity index (χ0v) is 12.2. The molecule has 20 heavy (non-hydrogen) atoms. The van der Waals surface area contributed by atoms with Crippen LogP contribution in [0.3, 0.4) is 0 Å². The summed E-state index contributed by atoms with van der Waals surface area (Å²) in [7, 11) is 0. The van der Waals surface area contributed by atoms with E-state index in [0.29, 0.717) is 6.54 Å². The highest BCUT2D eigenvalue weighted by Gasteiger charge is 2.05. The van der Waals surface area contributed by atoms with Crippen LogP contribution in [0.15, 0.2) is 34.9 Å². The standard InChI is InChI=1S/C16H22N2O2/c1-3-4-10-19-16-14(6-5-9-18-16)11-17-12-15-8-7-13(2)20-15/h5-9,17H,3-4,10-12H2,1-2H3. The maximum atomic E-state index is 5.71. The molecule has 4 heteroatoms. The van der Waals surface area contributed by atoms with Crippen LogP contribution in [0.25, 0.3) is 0 Å². The highest BCUT2D eigenvalue weighted by molar-refractivity contribution is 5.25. The molecule has 2 heterocycles. The van der Waals surface area contributed by atoms with Crippen LogP contribution in [-0.4, -0.2) is 11.6 Å². The van der Waals surface area contributed by atoms with Crippen LogP contribution in [0.2, 0.25) is 0 Å². The number of unbranched alkanes of at least 4 members (excludes halogenated alkanes) is 1. The zero-order chi connectivity index (χ0) is 14.2. The fourth-order valence-electron chi connectivity index (χ4n) is 1.90. The molecule has 0 saturated carbocycles. The Balaban J connectivity index is 1.85. The van der Waals surface area contributed by atoms with Crippen LogP contribution in [0.4, 0.5) is 0 Å². The molecular weight excluding hydrogens is 252 g/mol. The maximum Gasteiger partial charge on any atom is 0.217 e. The first kappa shape index (κ1) is 14.6. The fourth-order valence-corrected chi connectivity index (χ4v) is 1.90. The fraction of sp³-hybridized carbons (Fsp3) is 0.438. The van der Waals surface area contributed by atoms with Crippen molar-refractivity contribution in [3.8, 4) is 5.88 Å². The van der Waals surface area contributed by atoms with E-state index >= 15 is 0 Å². The maximum absolute atomic E-state index is 5.71. The average Bonchev–Trinajstić information content (AvgIpc) is 2.86. The predicted octanol–water partition coefficient (Wildman–Crippen LogP) is 3.45. The molecule has 108 valence electrons. The molecule has 0 aliphatic carbocycles. The molecule has 0 aliphatic rings. The van der Waals surface area contributed by atoms with Gasteiger partial charge in [0.25, 0.3) is 0 Å². The van der Waals surface area contributed by atoms with Gasteiger partial charge in [-0.2, -0.15) is 0 Å². The molecule has 0 fully saturated rings. The van der Waals surface area contributed by atoms with Gasteiger partial charge in [0.15, 0.2) is 0 Å². The van der Waals surface area contributed by atoms with Crippen molar-refractivity contribution in [3.05, 3.63) is 47.5 Å². The van der Waals surface area contributed by atoms with Crippen LogP contribution < -0.4 is 10.1 Å². The minimum atomic E-state index is 0.705. The predicted molar refractivity (Wildman–Crippen MR) is 78.6 cm³/mol. The number of hydrogen-bond donors (Lipinski definition) is 1. The van der Waals surface area contributed by atoms with Crippen molar-refractivity contribution in [2.45, 2.75) is 39.8 Å². The molecule has 2 aromatic heterocycles. The minimum Gasteiger partial charge on any atom is -0.477 e. The number of nitrogens with one attached hydrogen (secondary N) is 1. The summed E-state index contributed by atoms with van der Waals surface area (Å²) in [6.45, 7) is 6.24. The van der Waals surface area contributed by atoms with Crippen molar-refractivity contribution >= 4 is 0 Å². The van der Waals surface area contributed by atoms with Crippen LogP contribution in [-0.2, 0) is 13.1 Å². The van der Waals surface area contributed by atoms with Crippen LogP contribution in [0.5, 0.6) is 5.88 Å². The van der Waals surface area contributed by atoms with Crippen LogP contribution in [0.1, 0.15) is 36.8 Å². The Hall–Kier alpha value is -1.81. The first-order chi connectivity index (χ1) is 9.79. The van der Waals surface area contributed by atoms with E-state index in [1.807, 2.05) is 31.2 Å². The number of ether oxygens (including phenoxy) is 1. The molecule has 4 nitrogen and oxygen atoms in total. The lowest BCUT2D eigenvalue weighted by molar-refractivity contribution is 0.293. The van der Waals surface area contributed by atoms with Gasteiger partial charge in [0.2, 0.25) is 5.88 Å². The van der Waals surface area contributed by atoms with E-state index in [1.165, 1.54) is 0 Å². The molecule has 0 atom stereocenters. The first-order valence-electron chi connectivity index (χ1n) is 7.12. The normalized spacial score (nSPS) is 10.7. The number of aryl methyl sites for hydroxylation is 1. The van der Waals surface area contributed by atoms with E-state index in [-0.39, 0.29) is 0 Å². The quantitative estimate of drug-likeness (QED) is 0.749. The van der Waals surface area contributed by atoms with Gasteiger partial charge in [-0.15, -0.1) is 0 Å². The zero-order valence-electron chi connectivity index (χ0n) is 12.2. The Morgan fingerprint density at radius 2 is 2.15 bits per heavy atom. The van der Waals surface area contributed by atoms with Gasteiger partial charge in [-0.3, -0.25) is 0 Å². The summed E-state index contributed by atoms with van der Waals surface area (Å²) in [5.41, 5.74) is 1.08. The molecule has 0 saturated heterocycles. The highest BCUT2D eigenvalue weighted by Crippen LogP contribution is 2.15.